The van der Waals surface area contributed by atoms with Gasteiger partial charge in [0.2, 0.25) is 0 Å². The van der Waals surface area contributed by atoms with E-state index in [-0.39, 0.29) is 51.4 Å². The molecule has 0 saturated carbocycles. The van der Waals surface area contributed by atoms with Crippen LogP contribution in [-0.4, -0.2) is 0 Å². The van der Waals surface area contributed by atoms with Gasteiger partial charge in [-0.15, -0.1) is 0 Å². The molecule has 0 atom stereocenters. The van der Waals surface area contributed by atoms with Crippen molar-refractivity contribution in [2.75, 3.05) is 0 Å². The predicted molar refractivity (Wildman–Crippen MR) is 92.8 cm³/mol. The molecular weight excluding hydrogens is 350 g/mol. The Labute approximate surface area is 191 Å². The van der Waals surface area contributed by atoms with Crippen molar-refractivity contribution < 1.29 is 70.3 Å². The van der Waals surface area contributed by atoms with Crippen LogP contribution in [0.15, 0.2) is 12.3 Å². The van der Waals surface area contributed by atoms with Crippen molar-refractivity contribution >= 4 is 7.82 Å². The van der Waals surface area contributed by atoms with Crippen molar-refractivity contribution in [2.24, 2.45) is 0 Å². The summed E-state index contributed by atoms with van der Waals surface area (Å²) < 4.78 is 14.2. The summed E-state index contributed by atoms with van der Waals surface area (Å²) in [6, 6.07) is 0. The van der Waals surface area contributed by atoms with Crippen molar-refractivity contribution in [3.63, 3.8) is 0 Å². The number of rotatable bonds is 17. The molecule has 0 aliphatic rings. The van der Waals surface area contributed by atoms with Crippen LogP contribution < -0.4 is 61.2 Å². The summed E-state index contributed by atoms with van der Waals surface area (Å²) in [5.41, 5.74) is 0. The van der Waals surface area contributed by atoms with Gasteiger partial charge in [-0.1, -0.05) is 90.4 Å². The second-order valence-corrected chi connectivity index (χ2v) is 7.41. The average molecular weight is 386 g/mol. The molecule has 0 aliphatic carbocycles. The Hall–Kier alpha value is 1.33. The van der Waals surface area contributed by atoms with Gasteiger partial charge in [-0.25, -0.2) is 0 Å². The van der Waals surface area contributed by atoms with Gasteiger partial charge in [0.25, 0.3) is 0 Å². The van der Waals surface area contributed by atoms with E-state index in [1.165, 1.54) is 77.0 Å². The predicted octanol–water partition coefficient (Wildman–Crippen LogP) is 2.22. The van der Waals surface area contributed by atoms with Crippen molar-refractivity contribution in [3.05, 3.63) is 12.3 Å². The van der Waals surface area contributed by atoms with Gasteiger partial charge in [0.05, 0.1) is 6.26 Å². The van der Waals surface area contributed by atoms with Crippen LogP contribution in [0.5, 0.6) is 0 Å². The fourth-order valence-corrected chi connectivity index (χ4v) is 2.88. The molecule has 0 aromatic rings. The first-order chi connectivity index (χ1) is 11.1. The van der Waals surface area contributed by atoms with E-state index >= 15 is 0 Å². The average Bonchev–Trinajstić information content (AvgIpc) is 2.49. The van der Waals surface area contributed by atoms with E-state index < -0.39 is 7.82 Å². The van der Waals surface area contributed by atoms with Crippen LogP contribution in [0.2, 0.25) is 0 Å². The summed E-state index contributed by atoms with van der Waals surface area (Å²) in [6.07, 6.45) is 21.8. The van der Waals surface area contributed by atoms with Crippen molar-refractivity contribution in [1.82, 2.24) is 0 Å². The molecule has 0 N–H and O–H groups in total. The molecule has 138 valence electrons. The van der Waals surface area contributed by atoms with Crippen LogP contribution in [-0.2, 0) is 9.09 Å². The molecule has 0 fully saturated rings. The van der Waals surface area contributed by atoms with E-state index in [1.807, 2.05) is 0 Å². The van der Waals surface area contributed by atoms with E-state index in [0.717, 1.165) is 25.5 Å². The maximum Gasteiger partial charge on any atom is 1.00 e. The van der Waals surface area contributed by atoms with Gasteiger partial charge in [-0.3, -0.25) is 0 Å². The van der Waals surface area contributed by atoms with E-state index in [1.54, 1.807) is 6.08 Å². The first kappa shape index (κ1) is 27.5. The number of phosphoric ester groups is 1. The minimum absolute atomic E-state index is 0. The summed E-state index contributed by atoms with van der Waals surface area (Å²) in [5.74, 6) is 0. The summed E-state index contributed by atoms with van der Waals surface area (Å²) >= 11 is 0. The SMILES string of the molecule is CCCCCCCCCCCCCCCCC=COP(=O)([O-])[O-].[K+]. The molecule has 0 aromatic heterocycles. The standard InChI is InChI=1S/C18H37O4P.K/c1-2-3-4-5-6-7-8-9-10-11-12-13-14-15-16-17-18-22-23(19,20)21;/h17-18H,2-16H2,1H3,(H2,19,20,21);/q;+1/p-2. The number of unbranched alkanes of at least 4 members (excludes halogenated alkanes) is 14. The van der Waals surface area contributed by atoms with Gasteiger partial charge >= 0.3 is 51.4 Å². The normalized spacial score (nSPS) is 11.6. The minimum Gasteiger partial charge on any atom is -0.780 e. The van der Waals surface area contributed by atoms with Crippen LogP contribution >= 0.6 is 7.82 Å². The van der Waals surface area contributed by atoms with Gasteiger partial charge in [-0.2, -0.15) is 0 Å². The van der Waals surface area contributed by atoms with Crippen LogP contribution in [0.1, 0.15) is 103 Å². The molecule has 0 unspecified atom stereocenters. The zero-order chi connectivity index (χ0) is 17.2. The minimum atomic E-state index is -4.84. The third-order valence-corrected chi connectivity index (χ3v) is 4.39. The Morgan fingerprint density at radius 1 is 0.750 bits per heavy atom. The van der Waals surface area contributed by atoms with Gasteiger partial charge < -0.3 is 18.9 Å². The van der Waals surface area contributed by atoms with E-state index in [4.69, 9.17) is 0 Å². The van der Waals surface area contributed by atoms with Gasteiger partial charge in [-0.05, 0) is 18.9 Å². The zero-order valence-electron chi connectivity index (χ0n) is 15.8. The molecule has 4 nitrogen and oxygen atoms in total. The smallest absolute Gasteiger partial charge is 0.780 e. The molecule has 0 bridgehead atoms. The van der Waals surface area contributed by atoms with Crippen LogP contribution in [0, 0.1) is 0 Å². The number of allylic oxidation sites excluding steroid dienone is 1. The third-order valence-electron chi connectivity index (χ3n) is 4.01. The molecule has 0 rings (SSSR count). The fraction of sp³-hybridized carbons (Fsp3) is 0.889. The molecular formula is C18H35KO4P-. The third kappa shape index (κ3) is 25.6. The first-order valence-electron chi connectivity index (χ1n) is 9.41. The van der Waals surface area contributed by atoms with E-state index in [0.29, 0.717) is 0 Å². The quantitative estimate of drug-likeness (QED) is 0.167. The molecule has 0 aliphatic heterocycles. The molecule has 0 heterocycles. The molecule has 0 spiro atoms. The van der Waals surface area contributed by atoms with Gasteiger partial charge in [0.15, 0.2) is 0 Å². The van der Waals surface area contributed by atoms with Crippen LogP contribution in [0.3, 0.4) is 0 Å². The van der Waals surface area contributed by atoms with Crippen molar-refractivity contribution in [2.45, 2.75) is 103 Å². The van der Waals surface area contributed by atoms with Gasteiger partial charge in [0.1, 0.15) is 7.82 Å². The summed E-state index contributed by atoms with van der Waals surface area (Å²) in [4.78, 5) is 20.4. The maximum atomic E-state index is 10.2. The Balaban J connectivity index is 0. The second kappa shape index (κ2) is 20.6. The van der Waals surface area contributed by atoms with E-state index in [2.05, 4.69) is 11.4 Å². The zero-order valence-corrected chi connectivity index (χ0v) is 19.9. The summed E-state index contributed by atoms with van der Waals surface area (Å²) in [7, 11) is -4.84. The van der Waals surface area contributed by atoms with Crippen molar-refractivity contribution in [1.29, 1.82) is 0 Å². The Kier molecular flexibility index (Phi) is 23.7. The molecule has 0 saturated heterocycles. The number of hydrogen-bond acceptors (Lipinski definition) is 4. The second-order valence-electron chi connectivity index (χ2n) is 6.31. The fourth-order valence-electron chi connectivity index (χ4n) is 2.64. The van der Waals surface area contributed by atoms with Crippen LogP contribution in [0.25, 0.3) is 0 Å². The molecule has 24 heavy (non-hydrogen) atoms. The number of phosphoric acid groups is 1. The molecule has 0 aromatic carbocycles. The van der Waals surface area contributed by atoms with Crippen molar-refractivity contribution in [3.8, 4) is 0 Å². The Bertz CT molecular complexity index is 318. The van der Waals surface area contributed by atoms with Gasteiger partial charge in [0, 0.05) is 0 Å². The Morgan fingerprint density at radius 3 is 1.50 bits per heavy atom. The number of hydrogen-bond donors (Lipinski definition) is 0. The largest absolute Gasteiger partial charge is 1.00 e. The van der Waals surface area contributed by atoms with Crippen LogP contribution in [0.4, 0.5) is 0 Å². The maximum absolute atomic E-state index is 10.2. The summed E-state index contributed by atoms with van der Waals surface area (Å²) in [5, 5.41) is 0. The Morgan fingerprint density at radius 2 is 1.12 bits per heavy atom. The monoisotopic (exact) mass is 385 g/mol. The first-order valence-corrected chi connectivity index (χ1v) is 10.9. The van der Waals surface area contributed by atoms with E-state index in [9.17, 15) is 14.4 Å². The topological polar surface area (TPSA) is 72.4 Å². The molecule has 6 heteroatoms. The molecule has 0 radical (unpaired) electrons. The molecule has 0 amide bonds. The summed E-state index contributed by atoms with van der Waals surface area (Å²) in [6.45, 7) is 2.26.